The van der Waals surface area contributed by atoms with Gasteiger partial charge in [0.15, 0.2) is 0 Å². The van der Waals surface area contributed by atoms with Crippen molar-refractivity contribution in [3.63, 3.8) is 0 Å². The first-order valence-electron chi connectivity index (χ1n) is 8.58. The molecule has 25 heavy (non-hydrogen) atoms. The minimum Gasteiger partial charge on any atom is -0.508 e. The van der Waals surface area contributed by atoms with Crippen LogP contribution < -0.4 is 5.32 Å². The summed E-state index contributed by atoms with van der Waals surface area (Å²) in [5, 5.41) is 14.7. The maximum absolute atomic E-state index is 10.2. The molecule has 0 radical (unpaired) electrons. The van der Waals surface area contributed by atoms with Gasteiger partial charge in [0.2, 0.25) is 0 Å². The lowest BCUT2D eigenvalue weighted by molar-refractivity contribution is 0.262. The molecule has 0 aliphatic carbocycles. The molecule has 3 aromatic rings. The molecule has 3 rings (SSSR count). The Hall–Kier alpha value is -2.59. The van der Waals surface area contributed by atoms with Crippen LogP contribution in [0.15, 0.2) is 48.7 Å². The smallest absolute Gasteiger partial charge is 0.120 e. The Morgan fingerprint density at radius 1 is 1.12 bits per heavy atom. The van der Waals surface area contributed by atoms with Crippen LogP contribution in [0.2, 0.25) is 0 Å². The van der Waals surface area contributed by atoms with Crippen molar-refractivity contribution in [2.24, 2.45) is 0 Å². The maximum atomic E-state index is 10.2. The van der Waals surface area contributed by atoms with Gasteiger partial charge in [0.05, 0.1) is 5.52 Å². The fourth-order valence-electron chi connectivity index (χ4n) is 2.76. The van der Waals surface area contributed by atoms with Gasteiger partial charge < -0.3 is 10.4 Å². The molecule has 4 heteroatoms. The molecular weight excluding hydrogens is 310 g/mol. The van der Waals surface area contributed by atoms with Gasteiger partial charge in [-0.1, -0.05) is 12.1 Å². The van der Waals surface area contributed by atoms with Crippen LogP contribution in [-0.4, -0.2) is 28.1 Å². The van der Waals surface area contributed by atoms with Crippen LogP contribution >= 0.6 is 0 Å². The third-order valence-electron chi connectivity index (χ3n) is 4.56. The number of hydrogen-bond acceptors (Lipinski definition) is 4. The summed E-state index contributed by atoms with van der Waals surface area (Å²) in [6.07, 6.45) is 1.82. The van der Waals surface area contributed by atoms with Crippen LogP contribution in [0.5, 0.6) is 5.75 Å². The fourth-order valence-corrected chi connectivity index (χ4v) is 2.76. The Kier molecular flexibility index (Phi) is 4.91. The Morgan fingerprint density at radius 3 is 2.68 bits per heavy atom. The van der Waals surface area contributed by atoms with Gasteiger partial charge >= 0.3 is 0 Å². The van der Waals surface area contributed by atoms with Crippen molar-refractivity contribution in [2.45, 2.75) is 33.4 Å². The molecule has 0 spiro atoms. The summed E-state index contributed by atoms with van der Waals surface area (Å²) in [4.78, 5) is 6.65. The number of pyridine rings is 1. The molecule has 4 nitrogen and oxygen atoms in total. The summed E-state index contributed by atoms with van der Waals surface area (Å²) >= 11 is 0. The minimum absolute atomic E-state index is 0.327. The summed E-state index contributed by atoms with van der Waals surface area (Å²) in [7, 11) is 2.06. The van der Waals surface area contributed by atoms with Gasteiger partial charge in [-0.15, -0.1) is 0 Å². The maximum Gasteiger partial charge on any atom is 0.120 e. The highest BCUT2D eigenvalue weighted by molar-refractivity contribution is 5.93. The van der Waals surface area contributed by atoms with E-state index in [1.165, 1.54) is 5.56 Å². The Morgan fingerprint density at radius 2 is 1.92 bits per heavy atom. The molecule has 1 aromatic heterocycles. The van der Waals surface area contributed by atoms with Crippen molar-refractivity contribution < 1.29 is 5.11 Å². The average Bonchev–Trinajstić information content (AvgIpc) is 2.57. The van der Waals surface area contributed by atoms with E-state index in [-0.39, 0.29) is 0 Å². The number of hydrogen-bond donors (Lipinski definition) is 2. The van der Waals surface area contributed by atoms with Crippen LogP contribution in [-0.2, 0) is 6.54 Å². The highest BCUT2D eigenvalue weighted by Crippen LogP contribution is 2.29. The molecule has 1 heterocycles. The zero-order chi connectivity index (χ0) is 18.0. The largest absolute Gasteiger partial charge is 0.508 e. The third kappa shape index (κ3) is 3.91. The van der Waals surface area contributed by atoms with E-state index < -0.39 is 0 Å². The van der Waals surface area contributed by atoms with Crippen molar-refractivity contribution in [3.8, 4) is 5.75 Å². The summed E-state index contributed by atoms with van der Waals surface area (Å²) in [5.74, 6) is 0.327. The molecule has 2 aromatic carbocycles. The van der Waals surface area contributed by atoms with E-state index in [9.17, 15) is 5.11 Å². The first kappa shape index (κ1) is 17.2. The Bertz CT molecular complexity index is 889. The van der Waals surface area contributed by atoms with Gasteiger partial charge in [-0.05, 0) is 63.7 Å². The molecule has 0 aliphatic rings. The zero-order valence-corrected chi connectivity index (χ0v) is 15.2. The van der Waals surface area contributed by atoms with Crippen LogP contribution in [0.3, 0.4) is 0 Å². The molecule has 130 valence electrons. The molecule has 0 fully saturated rings. The van der Waals surface area contributed by atoms with E-state index in [4.69, 9.17) is 0 Å². The predicted molar refractivity (Wildman–Crippen MR) is 104 cm³/mol. The number of rotatable bonds is 5. The van der Waals surface area contributed by atoms with E-state index in [0.717, 1.165) is 27.8 Å². The molecule has 2 N–H and O–H groups in total. The Balaban J connectivity index is 1.91. The molecule has 0 unspecified atom stereocenters. The highest BCUT2D eigenvalue weighted by Gasteiger charge is 2.10. The lowest BCUT2D eigenvalue weighted by Gasteiger charge is -2.22. The van der Waals surface area contributed by atoms with Gasteiger partial charge in [-0.2, -0.15) is 0 Å². The van der Waals surface area contributed by atoms with E-state index in [1.807, 2.05) is 24.4 Å². The van der Waals surface area contributed by atoms with Gasteiger partial charge in [0, 0.05) is 41.1 Å². The molecule has 0 atom stereocenters. The third-order valence-corrected chi connectivity index (χ3v) is 4.56. The molecule has 0 saturated carbocycles. The topological polar surface area (TPSA) is 48.4 Å². The van der Waals surface area contributed by atoms with E-state index >= 15 is 0 Å². The predicted octanol–water partition coefficient (Wildman–Crippen LogP) is 4.83. The normalized spacial score (nSPS) is 11.4. The van der Waals surface area contributed by atoms with Crippen molar-refractivity contribution >= 4 is 22.3 Å². The average molecular weight is 335 g/mol. The number of benzene rings is 2. The summed E-state index contributed by atoms with van der Waals surface area (Å²) < 4.78 is 0. The van der Waals surface area contributed by atoms with E-state index in [2.05, 4.69) is 61.2 Å². The van der Waals surface area contributed by atoms with E-state index in [0.29, 0.717) is 18.3 Å². The number of nitrogens with one attached hydrogen (secondary N) is 1. The van der Waals surface area contributed by atoms with Crippen molar-refractivity contribution in [1.82, 2.24) is 9.88 Å². The molecule has 0 bridgehead atoms. The van der Waals surface area contributed by atoms with Gasteiger partial charge in [-0.25, -0.2) is 0 Å². The van der Waals surface area contributed by atoms with Crippen molar-refractivity contribution in [1.29, 1.82) is 0 Å². The minimum atomic E-state index is 0.327. The number of aryl methyl sites for hydroxylation is 1. The second-order valence-corrected chi connectivity index (χ2v) is 6.86. The van der Waals surface area contributed by atoms with E-state index in [1.54, 1.807) is 6.07 Å². The van der Waals surface area contributed by atoms with Crippen LogP contribution in [0.1, 0.15) is 25.0 Å². The second-order valence-electron chi connectivity index (χ2n) is 6.86. The Labute approximate surface area is 149 Å². The van der Waals surface area contributed by atoms with Crippen molar-refractivity contribution in [3.05, 3.63) is 59.8 Å². The lowest BCUT2D eigenvalue weighted by atomic mass is 10.1. The number of phenolic OH excluding ortho intramolecular Hbond substituents is 1. The number of fused-ring (bicyclic) bond motifs is 1. The number of aromatic hydroxyl groups is 1. The highest BCUT2D eigenvalue weighted by atomic mass is 16.3. The van der Waals surface area contributed by atoms with Gasteiger partial charge in [0.1, 0.15) is 5.75 Å². The summed E-state index contributed by atoms with van der Waals surface area (Å²) in [6, 6.07) is 14.3. The van der Waals surface area contributed by atoms with Gasteiger partial charge in [0.25, 0.3) is 0 Å². The standard InChI is InChI=1S/C21H25N3O/c1-14(2)24(4)13-16-12-17(6-8-21(16)25)23-19-9-10-22-20-11-15(3)5-7-18(19)20/h5-12,14,25H,13H2,1-4H3,(H,22,23). The van der Waals surface area contributed by atoms with Crippen molar-refractivity contribution in [2.75, 3.05) is 12.4 Å². The monoisotopic (exact) mass is 335 g/mol. The molecule has 0 amide bonds. The lowest BCUT2D eigenvalue weighted by Crippen LogP contribution is -2.25. The first-order valence-corrected chi connectivity index (χ1v) is 8.58. The van der Waals surface area contributed by atoms with Crippen LogP contribution in [0, 0.1) is 6.92 Å². The number of anilines is 2. The zero-order valence-electron chi connectivity index (χ0n) is 15.2. The van der Waals surface area contributed by atoms with Crippen LogP contribution in [0.4, 0.5) is 11.4 Å². The fraction of sp³-hybridized carbons (Fsp3) is 0.286. The van der Waals surface area contributed by atoms with Crippen LogP contribution in [0.25, 0.3) is 10.9 Å². The summed E-state index contributed by atoms with van der Waals surface area (Å²) in [6.45, 7) is 7.06. The molecule has 0 aliphatic heterocycles. The van der Waals surface area contributed by atoms with Gasteiger partial charge in [-0.3, -0.25) is 9.88 Å². The summed E-state index contributed by atoms with van der Waals surface area (Å²) in [5.41, 5.74) is 5.05. The molecular formula is C21H25N3O. The number of nitrogens with zero attached hydrogens (tertiary/aromatic N) is 2. The quantitative estimate of drug-likeness (QED) is 0.656. The second kappa shape index (κ2) is 7.11. The first-order chi connectivity index (χ1) is 11.9. The molecule has 0 saturated heterocycles. The SMILES string of the molecule is Cc1ccc2c(Nc3ccc(O)c(CN(C)C(C)C)c3)ccnc2c1. The number of phenols is 1. The number of aromatic nitrogens is 1.